The quantitative estimate of drug-likeness (QED) is 0.712. The van der Waals surface area contributed by atoms with Crippen LogP contribution in [0.3, 0.4) is 0 Å². The maximum absolute atomic E-state index is 11.6. The number of thiocarbonyl (C=S) groups is 1. The zero-order valence-corrected chi connectivity index (χ0v) is 11.2. The molecule has 0 bridgehead atoms. The molecule has 1 aromatic carbocycles. The van der Waals surface area contributed by atoms with E-state index in [0.29, 0.717) is 11.4 Å². The van der Waals surface area contributed by atoms with Gasteiger partial charge in [-0.15, -0.1) is 0 Å². The van der Waals surface area contributed by atoms with Crippen molar-refractivity contribution in [2.45, 2.75) is 19.9 Å². The summed E-state index contributed by atoms with van der Waals surface area (Å²) in [4.78, 5) is 11.8. The van der Waals surface area contributed by atoms with Crippen LogP contribution in [0.15, 0.2) is 24.3 Å². The lowest BCUT2D eigenvalue weighted by molar-refractivity contribution is 0.250. The summed E-state index contributed by atoms with van der Waals surface area (Å²) < 4.78 is 5.40. The van der Waals surface area contributed by atoms with Crippen LogP contribution in [-0.4, -0.2) is 23.7 Å². The third-order valence-corrected chi connectivity index (χ3v) is 2.04. The number of carbonyl (C=O) groups is 1. The van der Waals surface area contributed by atoms with Gasteiger partial charge in [-0.1, -0.05) is 24.4 Å². The number of nitrogens with one attached hydrogen (secondary N) is 2. The molecule has 0 aliphatic rings. The largest absolute Gasteiger partial charge is 0.484 e. The van der Waals surface area contributed by atoms with Gasteiger partial charge in [-0.05, 0) is 26.0 Å². The third kappa shape index (κ3) is 5.01. The number of hydrogen-bond donors (Lipinski definition) is 3. The number of nitrogens with two attached hydrogens (primary N) is 1. The van der Waals surface area contributed by atoms with Gasteiger partial charge in [0.15, 0.2) is 0 Å². The normalized spacial score (nSPS) is 9.94. The van der Waals surface area contributed by atoms with E-state index in [1.165, 1.54) is 0 Å². The van der Waals surface area contributed by atoms with E-state index in [1.807, 2.05) is 13.8 Å². The Morgan fingerprint density at radius 2 is 2.11 bits per heavy atom. The summed E-state index contributed by atoms with van der Waals surface area (Å²) in [5.41, 5.74) is 5.94. The molecule has 0 fully saturated rings. The van der Waals surface area contributed by atoms with Crippen molar-refractivity contribution < 1.29 is 9.53 Å². The molecule has 0 saturated carbocycles. The molecule has 0 aliphatic carbocycles. The predicted octanol–water partition coefficient (Wildman–Crippen LogP) is 1.88. The Morgan fingerprint density at radius 1 is 1.44 bits per heavy atom. The van der Waals surface area contributed by atoms with Crippen LogP contribution in [-0.2, 0) is 0 Å². The lowest BCUT2D eigenvalue weighted by Gasteiger charge is -2.13. The van der Waals surface area contributed by atoms with Crippen molar-refractivity contribution >= 4 is 28.9 Å². The molecule has 2 amide bonds. The summed E-state index contributed by atoms with van der Waals surface area (Å²) in [5, 5.41) is 5.43. The highest BCUT2D eigenvalue weighted by molar-refractivity contribution is 7.80. The first-order chi connectivity index (χ1) is 8.49. The number of hydrogen-bond acceptors (Lipinski definition) is 3. The number of benzene rings is 1. The highest BCUT2D eigenvalue weighted by atomic mass is 32.1. The van der Waals surface area contributed by atoms with Gasteiger partial charge in [0.05, 0.1) is 5.69 Å². The van der Waals surface area contributed by atoms with Crippen LogP contribution >= 0.6 is 12.2 Å². The molecule has 5 nitrogen and oxygen atoms in total. The average molecular weight is 267 g/mol. The van der Waals surface area contributed by atoms with Gasteiger partial charge >= 0.3 is 6.03 Å². The van der Waals surface area contributed by atoms with Crippen molar-refractivity contribution in [2.24, 2.45) is 5.73 Å². The lowest BCUT2D eigenvalue weighted by Crippen LogP contribution is -2.34. The van der Waals surface area contributed by atoms with Gasteiger partial charge in [0.25, 0.3) is 0 Å². The second kappa shape index (κ2) is 6.80. The zero-order chi connectivity index (χ0) is 13.5. The van der Waals surface area contributed by atoms with E-state index in [9.17, 15) is 4.79 Å². The first kappa shape index (κ1) is 14.2. The van der Waals surface area contributed by atoms with Crippen LogP contribution in [0.5, 0.6) is 5.75 Å². The molecular weight excluding hydrogens is 250 g/mol. The van der Waals surface area contributed by atoms with E-state index < -0.39 is 0 Å². The summed E-state index contributed by atoms with van der Waals surface area (Å²) in [6.07, 6.45) is 0. The molecule has 98 valence electrons. The monoisotopic (exact) mass is 267 g/mol. The molecule has 0 spiro atoms. The van der Waals surface area contributed by atoms with Crippen molar-refractivity contribution in [2.75, 3.05) is 11.9 Å². The Kier molecular flexibility index (Phi) is 5.38. The van der Waals surface area contributed by atoms with Gasteiger partial charge in [-0.2, -0.15) is 0 Å². The molecule has 4 N–H and O–H groups in total. The minimum absolute atomic E-state index is 0.0645. The first-order valence-electron chi connectivity index (χ1n) is 5.56. The van der Waals surface area contributed by atoms with Gasteiger partial charge < -0.3 is 21.1 Å². The number of anilines is 1. The summed E-state index contributed by atoms with van der Waals surface area (Å²) >= 11 is 4.74. The Labute approximate surface area is 112 Å². The number of carbonyl (C=O) groups excluding carboxylic acids is 1. The molecule has 18 heavy (non-hydrogen) atoms. The van der Waals surface area contributed by atoms with Crippen LogP contribution in [0.4, 0.5) is 10.5 Å². The fourth-order valence-corrected chi connectivity index (χ4v) is 1.32. The maximum Gasteiger partial charge on any atom is 0.319 e. The molecule has 0 aliphatic heterocycles. The van der Waals surface area contributed by atoms with Crippen molar-refractivity contribution in [3.8, 4) is 5.75 Å². The number of rotatable bonds is 5. The van der Waals surface area contributed by atoms with E-state index in [2.05, 4.69) is 10.6 Å². The zero-order valence-electron chi connectivity index (χ0n) is 10.4. The second-order valence-electron chi connectivity index (χ2n) is 4.00. The van der Waals surface area contributed by atoms with Crippen LogP contribution < -0.4 is 21.1 Å². The van der Waals surface area contributed by atoms with Gasteiger partial charge in [0.2, 0.25) is 0 Å². The van der Waals surface area contributed by atoms with Crippen molar-refractivity contribution in [3.63, 3.8) is 0 Å². The summed E-state index contributed by atoms with van der Waals surface area (Å²) in [6, 6.07) is 6.88. The second-order valence-corrected chi connectivity index (χ2v) is 4.53. The minimum atomic E-state index is -0.281. The Hall–Kier alpha value is -1.82. The van der Waals surface area contributed by atoms with Gasteiger partial charge in [0.1, 0.15) is 17.3 Å². The fraction of sp³-hybridized carbons (Fsp3) is 0.333. The molecular formula is C12H17N3O2S. The van der Waals surface area contributed by atoms with Crippen LogP contribution in [0.25, 0.3) is 0 Å². The Bertz CT molecular complexity index is 435. The SMILES string of the molecule is CC(C)NC(=O)Nc1ccccc1OCC(N)=S. The summed E-state index contributed by atoms with van der Waals surface area (Å²) in [5.74, 6) is 0.532. The number of ether oxygens (including phenoxy) is 1. The topological polar surface area (TPSA) is 76.4 Å². The van der Waals surface area contributed by atoms with Gasteiger partial charge in [-0.25, -0.2) is 4.79 Å². The molecule has 0 heterocycles. The molecule has 0 saturated heterocycles. The van der Waals surface area contributed by atoms with E-state index in [-0.39, 0.29) is 23.7 Å². The van der Waals surface area contributed by atoms with Crippen molar-refractivity contribution in [1.29, 1.82) is 0 Å². The first-order valence-corrected chi connectivity index (χ1v) is 5.97. The maximum atomic E-state index is 11.6. The number of para-hydroxylation sites is 2. The van der Waals surface area contributed by atoms with Gasteiger partial charge in [0, 0.05) is 6.04 Å². The fourth-order valence-electron chi connectivity index (χ4n) is 1.27. The minimum Gasteiger partial charge on any atom is -0.484 e. The summed E-state index contributed by atoms with van der Waals surface area (Å²) in [7, 11) is 0. The predicted molar refractivity (Wildman–Crippen MR) is 76.0 cm³/mol. The molecule has 1 rings (SSSR count). The lowest BCUT2D eigenvalue weighted by atomic mass is 10.3. The highest BCUT2D eigenvalue weighted by Gasteiger charge is 2.08. The van der Waals surface area contributed by atoms with Crippen LogP contribution in [0.1, 0.15) is 13.8 Å². The Morgan fingerprint density at radius 3 is 2.72 bits per heavy atom. The third-order valence-electron chi connectivity index (χ3n) is 1.92. The molecule has 6 heteroatoms. The summed E-state index contributed by atoms with van der Waals surface area (Å²) in [6.45, 7) is 3.91. The molecule has 0 unspecified atom stereocenters. The Balaban J connectivity index is 2.69. The standard InChI is InChI=1S/C12H17N3O2S/c1-8(2)14-12(16)15-9-5-3-4-6-10(9)17-7-11(13)18/h3-6,8H,7H2,1-2H3,(H2,13,18)(H2,14,15,16). The van der Waals surface area contributed by atoms with Crippen molar-refractivity contribution in [1.82, 2.24) is 5.32 Å². The van der Waals surface area contributed by atoms with E-state index in [1.54, 1.807) is 24.3 Å². The number of urea groups is 1. The van der Waals surface area contributed by atoms with Crippen LogP contribution in [0.2, 0.25) is 0 Å². The van der Waals surface area contributed by atoms with Crippen LogP contribution in [0, 0.1) is 0 Å². The van der Waals surface area contributed by atoms with E-state index in [4.69, 9.17) is 22.7 Å². The van der Waals surface area contributed by atoms with E-state index >= 15 is 0 Å². The van der Waals surface area contributed by atoms with Crippen molar-refractivity contribution in [3.05, 3.63) is 24.3 Å². The van der Waals surface area contributed by atoms with Gasteiger partial charge in [-0.3, -0.25) is 0 Å². The molecule has 0 atom stereocenters. The smallest absolute Gasteiger partial charge is 0.319 e. The average Bonchev–Trinajstić information content (AvgIpc) is 2.26. The van der Waals surface area contributed by atoms with E-state index in [0.717, 1.165) is 0 Å². The molecule has 0 radical (unpaired) electrons. The molecule has 1 aromatic rings. The molecule has 0 aromatic heterocycles. The highest BCUT2D eigenvalue weighted by Crippen LogP contribution is 2.23. The number of amides is 2.